The van der Waals surface area contributed by atoms with Gasteiger partial charge in [-0.1, -0.05) is 68.4 Å². The molecule has 0 heterocycles. The maximum Gasteiger partial charge on any atom is 0.320 e. The molecule has 0 aliphatic rings. The van der Waals surface area contributed by atoms with E-state index in [1.54, 1.807) is 19.0 Å². The first kappa shape index (κ1) is 23.4. The van der Waals surface area contributed by atoms with Crippen molar-refractivity contribution in [2.45, 2.75) is 70.8 Å². The van der Waals surface area contributed by atoms with E-state index in [1.165, 1.54) is 25.7 Å². The van der Waals surface area contributed by atoms with Crippen LogP contribution in [0.15, 0.2) is 48.6 Å². The third-order valence-electron chi connectivity index (χ3n) is 3.97. The van der Waals surface area contributed by atoms with Crippen LogP contribution in [0.25, 0.3) is 0 Å². The van der Waals surface area contributed by atoms with Crippen molar-refractivity contribution in [2.24, 2.45) is 0 Å². The average Bonchev–Trinajstić information content (AvgIpc) is 2.57. The van der Waals surface area contributed by atoms with Gasteiger partial charge in [0, 0.05) is 0 Å². The predicted octanol–water partition coefficient (Wildman–Crippen LogP) is 5.76. The van der Waals surface area contributed by atoms with Gasteiger partial charge in [-0.05, 0) is 59.0 Å². The maximum atomic E-state index is 11.0. The Morgan fingerprint density at radius 1 is 0.840 bits per heavy atom. The summed E-state index contributed by atoms with van der Waals surface area (Å²) < 4.78 is 0. The molecular weight excluding hydrogens is 310 g/mol. The molecule has 0 bridgehead atoms. The first-order valence-electron chi connectivity index (χ1n) is 9.58. The van der Waals surface area contributed by atoms with E-state index in [0.717, 1.165) is 25.7 Å². The molecule has 142 valence electrons. The van der Waals surface area contributed by atoms with E-state index in [9.17, 15) is 4.79 Å². The number of hydrogen-bond acceptors (Lipinski definition) is 2. The zero-order chi connectivity index (χ0) is 18.8. The van der Waals surface area contributed by atoms with E-state index in [1.807, 2.05) is 0 Å². The second kappa shape index (κ2) is 17.2. The number of unbranched alkanes of at least 4 members (excludes halogenated alkanes) is 3. The number of likely N-dealkylation sites (N-methyl/N-ethyl adjacent to an activating group) is 1. The van der Waals surface area contributed by atoms with Crippen LogP contribution in [0.2, 0.25) is 0 Å². The van der Waals surface area contributed by atoms with Crippen LogP contribution in [0.4, 0.5) is 0 Å². The second-order valence-corrected chi connectivity index (χ2v) is 6.48. The SMILES string of the molecule is CCCCC/C=C\C/C=C\C/C=C\C/C=C\CCC(C(=O)O)N(C)C. The molecule has 3 nitrogen and oxygen atoms in total. The van der Waals surface area contributed by atoms with Crippen LogP contribution in [-0.2, 0) is 4.79 Å². The lowest BCUT2D eigenvalue weighted by atomic mass is 10.1. The first-order chi connectivity index (χ1) is 12.1. The Balaban J connectivity index is 3.65. The van der Waals surface area contributed by atoms with Gasteiger partial charge in [-0.15, -0.1) is 0 Å². The molecule has 0 aromatic rings. The highest BCUT2D eigenvalue weighted by Gasteiger charge is 2.17. The highest BCUT2D eigenvalue weighted by molar-refractivity contribution is 5.73. The summed E-state index contributed by atoms with van der Waals surface area (Å²) in [5, 5.41) is 9.08. The maximum absolute atomic E-state index is 11.0. The van der Waals surface area contributed by atoms with E-state index < -0.39 is 12.0 Å². The number of carboxylic acids is 1. The second-order valence-electron chi connectivity index (χ2n) is 6.48. The van der Waals surface area contributed by atoms with E-state index in [0.29, 0.717) is 6.42 Å². The van der Waals surface area contributed by atoms with Crippen molar-refractivity contribution >= 4 is 5.97 Å². The molecule has 0 amide bonds. The minimum Gasteiger partial charge on any atom is -0.480 e. The van der Waals surface area contributed by atoms with Gasteiger partial charge >= 0.3 is 5.97 Å². The first-order valence-corrected chi connectivity index (χ1v) is 9.58. The van der Waals surface area contributed by atoms with Gasteiger partial charge in [-0.25, -0.2) is 0 Å². The van der Waals surface area contributed by atoms with Crippen LogP contribution in [0.1, 0.15) is 64.7 Å². The molecule has 0 radical (unpaired) electrons. The van der Waals surface area contributed by atoms with Gasteiger partial charge in [0.15, 0.2) is 0 Å². The average molecular weight is 348 g/mol. The molecule has 1 unspecified atom stereocenters. The van der Waals surface area contributed by atoms with Gasteiger partial charge in [-0.3, -0.25) is 9.69 Å². The topological polar surface area (TPSA) is 40.5 Å². The molecule has 3 heteroatoms. The molecule has 0 fully saturated rings. The Hall–Kier alpha value is -1.61. The Morgan fingerprint density at radius 3 is 1.76 bits per heavy atom. The summed E-state index contributed by atoms with van der Waals surface area (Å²) in [4.78, 5) is 12.8. The van der Waals surface area contributed by atoms with Gasteiger partial charge in [0.05, 0.1) is 0 Å². The number of carbonyl (C=O) groups is 1. The van der Waals surface area contributed by atoms with E-state index in [-0.39, 0.29) is 0 Å². The van der Waals surface area contributed by atoms with Crippen molar-refractivity contribution < 1.29 is 9.90 Å². The quantitative estimate of drug-likeness (QED) is 0.302. The minimum absolute atomic E-state index is 0.397. The van der Waals surface area contributed by atoms with Crippen LogP contribution >= 0.6 is 0 Å². The molecule has 0 aliphatic carbocycles. The standard InChI is InChI=1S/C22H37NO2/c1-4-5-6-7-8-9-10-11-12-13-14-15-16-17-18-19-20-21(22(24)25)23(2)3/h8-9,11-12,14-15,17-18,21H,4-7,10,13,16,19-20H2,1-3H3,(H,24,25)/b9-8-,12-11-,15-14-,18-17-. The fourth-order valence-electron chi connectivity index (χ4n) is 2.42. The summed E-state index contributed by atoms with van der Waals surface area (Å²) in [6.45, 7) is 2.23. The normalized spacial score (nSPS) is 13.9. The number of aliphatic carboxylic acids is 1. The summed E-state index contributed by atoms with van der Waals surface area (Å²) in [6.07, 6.45) is 26.9. The predicted molar refractivity (Wildman–Crippen MR) is 109 cm³/mol. The summed E-state index contributed by atoms with van der Waals surface area (Å²) in [5.41, 5.74) is 0. The lowest BCUT2D eigenvalue weighted by Crippen LogP contribution is -2.35. The van der Waals surface area contributed by atoms with Crippen molar-refractivity contribution in [3.8, 4) is 0 Å². The Bertz CT molecular complexity index is 433. The fraction of sp³-hybridized carbons (Fsp3) is 0.591. The molecule has 1 N–H and O–H groups in total. The smallest absolute Gasteiger partial charge is 0.320 e. The number of nitrogens with zero attached hydrogens (tertiary/aromatic N) is 1. The van der Waals surface area contributed by atoms with Crippen LogP contribution in [0.3, 0.4) is 0 Å². The summed E-state index contributed by atoms with van der Waals surface area (Å²) in [6, 6.07) is -0.397. The summed E-state index contributed by atoms with van der Waals surface area (Å²) in [7, 11) is 3.61. The van der Waals surface area contributed by atoms with Gasteiger partial charge in [0.2, 0.25) is 0 Å². The Kier molecular flexibility index (Phi) is 16.1. The van der Waals surface area contributed by atoms with Crippen molar-refractivity contribution in [3.05, 3.63) is 48.6 Å². The summed E-state index contributed by atoms with van der Waals surface area (Å²) in [5.74, 6) is -0.749. The number of hydrogen-bond donors (Lipinski definition) is 1. The van der Waals surface area contributed by atoms with E-state index >= 15 is 0 Å². The Labute approximate surface area is 154 Å². The zero-order valence-electron chi connectivity index (χ0n) is 16.4. The molecule has 0 aliphatic heterocycles. The summed E-state index contributed by atoms with van der Waals surface area (Å²) >= 11 is 0. The van der Waals surface area contributed by atoms with Crippen LogP contribution < -0.4 is 0 Å². The number of rotatable bonds is 15. The molecular formula is C22H37NO2. The molecule has 0 spiro atoms. The van der Waals surface area contributed by atoms with Crippen molar-refractivity contribution in [1.82, 2.24) is 4.90 Å². The molecule has 0 aromatic heterocycles. The third-order valence-corrected chi connectivity index (χ3v) is 3.97. The van der Waals surface area contributed by atoms with Gasteiger partial charge in [0.25, 0.3) is 0 Å². The van der Waals surface area contributed by atoms with Crippen LogP contribution in [0.5, 0.6) is 0 Å². The Morgan fingerprint density at radius 2 is 1.32 bits per heavy atom. The van der Waals surface area contributed by atoms with Crippen molar-refractivity contribution in [1.29, 1.82) is 0 Å². The molecule has 0 saturated carbocycles. The van der Waals surface area contributed by atoms with E-state index in [2.05, 4.69) is 55.5 Å². The van der Waals surface area contributed by atoms with Crippen LogP contribution in [0, 0.1) is 0 Å². The minimum atomic E-state index is -0.749. The number of carboxylic acid groups (broad SMARTS) is 1. The lowest BCUT2D eigenvalue weighted by molar-refractivity contribution is -0.142. The fourth-order valence-corrected chi connectivity index (χ4v) is 2.42. The van der Waals surface area contributed by atoms with Crippen molar-refractivity contribution in [3.63, 3.8) is 0 Å². The van der Waals surface area contributed by atoms with Gasteiger partial charge in [-0.2, -0.15) is 0 Å². The highest BCUT2D eigenvalue weighted by Crippen LogP contribution is 2.05. The van der Waals surface area contributed by atoms with Gasteiger partial charge in [0.1, 0.15) is 6.04 Å². The molecule has 0 rings (SSSR count). The van der Waals surface area contributed by atoms with Crippen LogP contribution in [-0.4, -0.2) is 36.1 Å². The molecule has 0 aromatic carbocycles. The molecule has 1 atom stereocenters. The molecule has 0 saturated heterocycles. The zero-order valence-corrected chi connectivity index (χ0v) is 16.4. The highest BCUT2D eigenvalue weighted by atomic mass is 16.4. The largest absolute Gasteiger partial charge is 0.480 e. The van der Waals surface area contributed by atoms with E-state index in [4.69, 9.17) is 5.11 Å². The van der Waals surface area contributed by atoms with Crippen molar-refractivity contribution in [2.75, 3.05) is 14.1 Å². The third kappa shape index (κ3) is 15.6. The number of allylic oxidation sites excluding steroid dienone is 8. The monoisotopic (exact) mass is 347 g/mol. The van der Waals surface area contributed by atoms with Gasteiger partial charge < -0.3 is 5.11 Å². The molecule has 25 heavy (non-hydrogen) atoms. The lowest BCUT2D eigenvalue weighted by Gasteiger charge is -2.18.